The summed E-state index contributed by atoms with van der Waals surface area (Å²) in [6, 6.07) is 12.4. The lowest BCUT2D eigenvalue weighted by Crippen LogP contribution is -2.43. The summed E-state index contributed by atoms with van der Waals surface area (Å²) < 4.78 is 16.1. The molecule has 6 heteroatoms. The van der Waals surface area contributed by atoms with Gasteiger partial charge in [-0.2, -0.15) is 0 Å². The number of rotatable bonds is 3. The van der Waals surface area contributed by atoms with E-state index >= 15 is 0 Å². The Morgan fingerprint density at radius 2 is 1.92 bits per heavy atom. The molecule has 24 heavy (non-hydrogen) atoms. The molecule has 2 aliphatic heterocycles. The third kappa shape index (κ3) is 2.55. The van der Waals surface area contributed by atoms with E-state index < -0.39 is 5.60 Å². The maximum Gasteiger partial charge on any atom is 0.251 e. The van der Waals surface area contributed by atoms with Crippen LogP contribution >= 0.6 is 0 Å². The van der Waals surface area contributed by atoms with Crippen molar-refractivity contribution in [2.75, 3.05) is 19.9 Å². The van der Waals surface area contributed by atoms with E-state index in [-0.39, 0.29) is 19.2 Å². The Labute approximate surface area is 139 Å². The first-order chi connectivity index (χ1) is 11.7. The number of aliphatic hydroxyl groups is 1. The van der Waals surface area contributed by atoms with Crippen molar-refractivity contribution in [2.45, 2.75) is 12.0 Å². The lowest BCUT2D eigenvalue weighted by Gasteiger charge is -2.34. The molecule has 2 heterocycles. The Kier molecular flexibility index (Phi) is 3.54. The Morgan fingerprint density at radius 3 is 2.83 bits per heavy atom. The van der Waals surface area contributed by atoms with E-state index in [9.17, 15) is 9.90 Å². The summed E-state index contributed by atoms with van der Waals surface area (Å²) in [5.74, 6) is 1.57. The van der Waals surface area contributed by atoms with Crippen LogP contribution in [0.4, 0.5) is 0 Å². The summed E-state index contributed by atoms with van der Waals surface area (Å²) in [4.78, 5) is 12.4. The van der Waals surface area contributed by atoms with E-state index in [4.69, 9.17) is 14.2 Å². The highest BCUT2D eigenvalue weighted by atomic mass is 16.7. The molecule has 4 rings (SSSR count). The van der Waals surface area contributed by atoms with Crippen molar-refractivity contribution in [1.82, 2.24) is 5.32 Å². The molecule has 0 aliphatic carbocycles. The number of fused-ring (bicyclic) bond motifs is 2. The summed E-state index contributed by atoms with van der Waals surface area (Å²) in [6.07, 6.45) is 0.422. The van der Waals surface area contributed by atoms with Gasteiger partial charge in [0.05, 0.1) is 13.2 Å². The van der Waals surface area contributed by atoms with Crippen LogP contribution in [-0.2, 0) is 5.60 Å². The van der Waals surface area contributed by atoms with E-state index in [2.05, 4.69) is 5.32 Å². The van der Waals surface area contributed by atoms with Crippen LogP contribution in [0.25, 0.3) is 0 Å². The van der Waals surface area contributed by atoms with Gasteiger partial charge < -0.3 is 24.6 Å². The predicted octanol–water partition coefficient (Wildman–Crippen LogP) is 1.82. The molecule has 2 N–H and O–H groups in total. The van der Waals surface area contributed by atoms with Gasteiger partial charge in [0.1, 0.15) is 11.4 Å². The third-order valence-corrected chi connectivity index (χ3v) is 4.34. The molecule has 0 radical (unpaired) electrons. The molecule has 0 unspecified atom stereocenters. The Bertz CT molecular complexity index is 791. The Balaban J connectivity index is 1.50. The zero-order chi connectivity index (χ0) is 16.6. The highest BCUT2D eigenvalue weighted by Gasteiger charge is 2.35. The van der Waals surface area contributed by atoms with Gasteiger partial charge in [-0.15, -0.1) is 0 Å². The second-order valence-electron chi connectivity index (χ2n) is 5.88. The zero-order valence-electron chi connectivity index (χ0n) is 13.0. The lowest BCUT2D eigenvalue weighted by atomic mass is 9.88. The summed E-state index contributed by atoms with van der Waals surface area (Å²) in [5, 5.41) is 13.7. The molecule has 0 saturated carbocycles. The van der Waals surface area contributed by atoms with Crippen molar-refractivity contribution in [3.63, 3.8) is 0 Å². The number of nitrogens with one attached hydrogen (secondary N) is 1. The van der Waals surface area contributed by atoms with Crippen molar-refractivity contribution < 1.29 is 24.1 Å². The van der Waals surface area contributed by atoms with E-state index in [1.54, 1.807) is 18.2 Å². The fourth-order valence-electron chi connectivity index (χ4n) is 2.99. The van der Waals surface area contributed by atoms with Crippen LogP contribution in [-0.4, -0.2) is 31.0 Å². The van der Waals surface area contributed by atoms with Gasteiger partial charge in [0, 0.05) is 17.5 Å². The lowest BCUT2D eigenvalue weighted by molar-refractivity contribution is -0.00160. The van der Waals surface area contributed by atoms with E-state index in [1.165, 1.54) is 0 Å². The standard InChI is InChI=1S/C18H17NO5/c20-17(12-5-6-15-16(9-12)24-11-23-15)19-10-18(21)7-8-22-14-4-2-1-3-13(14)18/h1-6,9,21H,7-8,10-11H2,(H,19,20)/t18-/m1/s1. The maximum absolute atomic E-state index is 12.4. The molecule has 0 spiro atoms. The first-order valence-electron chi connectivity index (χ1n) is 7.78. The highest BCUT2D eigenvalue weighted by Crippen LogP contribution is 2.36. The molecule has 1 atom stereocenters. The first kappa shape index (κ1) is 14.8. The molecule has 0 aromatic heterocycles. The van der Waals surface area contributed by atoms with Gasteiger partial charge in [-0.25, -0.2) is 0 Å². The topological polar surface area (TPSA) is 77.0 Å². The molecule has 2 aromatic rings. The largest absolute Gasteiger partial charge is 0.493 e. The number of carbonyl (C=O) groups is 1. The van der Waals surface area contributed by atoms with Gasteiger partial charge in [-0.05, 0) is 24.3 Å². The quantitative estimate of drug-likeness (QED) is 0.899. The minimum Gasteiger partial charge on any atom is -0.493 e. The van der Waals surface area contributed by atoms with Crippen molar-refractivity contribution in [3.05, 3.63) is 53.6 Å². The smallest absolute Gasteiger partial charge is 0.251 e. The van der Waals surface area contributed by atoms with Crippen LogP contribution in [0.15, 0.2) is 42.5 Å². The number of benzene rings is 2. The summed E-state index contributed by atoms with van der Waals surface area (Å²) in [5.41, 5.74) is 0.0198. The van der Waals surface area contributed by atoms with Gasteiger partial charge in [0.15, 0.2) is 11.5 Å². The van der Waals surface area contributed by atoms with E-state index in [0.29, 0.717) is 41.4 Å². The van der Waals surface area contributed by atoms with Crippen LogP contribution in [0.1, 0.15) is 22.3 Å². The monoisotopic (exact) mass is 327 g/mol. The van der Waals surface area contributed by atoms with Crippen molar-refractivity contribution in [3.8, 4) is 17.2 Å². The zero-order valence-corrected chi connectivity index (χ0v) is 13.0. The maximum atomic E-state index is 12.4. The normalized spacial score (nSPS) is 20.9. The van der Waals surface area contributed by atoms with Gasteiger partial charge in [-0.3, -0.25) is 4.79 Å². The molecule has 2 aromatic carbocycles. The van der Waals surface area contributed by atoms with Crippen LogP contribution in [0.5, 0.6) is 17.2 Å². The Morgan fingerprint density at radius 1 is 1.08 bits per heavy atom. The van der Waals surface area contributed by atoms with Gasteiger partial charge >= 0.3 is 0 Å². The first-order valence-corrected chi connectivity index (χ1v) is 7.78. The Hall–Kier alpha value is -2.73. The SMILES string of the molecule is O=C(NC[C@]1(O)CCOc2ccccc21)c1ccc2c(c1)OCO2. The molecular formula is C18H17NO5. The summed E-state index contributed by atoms with van der Waals surface area (Å²) in [7, 11) is 0. The number of hydrogen-bond donors (Lipinski definition) is 2. The molecule has 1 amide bonds. The van der Waals surface area contributed by atoms with Crippen molar-refractivity contribution in [2.24, 2.45) is 0 Å². The molecule has 0 bridgehead atoms. The van der Waals surface area contributed by atoms with Crippen molar-refractivity contribution >= 4 is 5.91 Å². The van der Waals surface area contributed by atoms with Crippen LogP contribution < -0.4 is 19.5 Å². The van der Waals surface area contributed by atoms with Gasteiger partial charge in [0.25, 0.3) is 5.91 Å². The average Bonchev–Trinajstić information content (AvgIpc) is 3.08. The van der Waals surface area contributed by atoms with Crippen molar-refractivity contribution in [1.29, 1.82) is 0 Å². The molecule has 0 saturated heterocycles. The molecule has 6 nitrogen and oxygen atoms in total. The minimum absolute atomic E-state index is 0.112. The molecule has 2 aliphatic rings. The average molecular weight is 327 g/mol. The van der Waals surface area contributed by atoms with E-state index in [1.807, 2.05) is 24.3 Å². The number of hydrogen-bond acceptors (Lipinski definition) is 5. The fraction of sp³-hybridized carbons (Fsp3) is 0.278. The molecular weight excluding hydrogens is 310 g/mol. The summed E-state index contributed by atoms with van der Waals surface area (Å²) in [6.45, 7) is 0.686. The minimum atomic E-state index is -1.14. The molecule has 0 fully saturated rings. The highest BCUT2D eigenvalue weighted by molar-refractivity contribution is 5.95. The number of carbonyl (C=O) groups excluding carboxylic acids is 1. The second kappa shape index (κ2) is 5.72. The van der Waals surface area contributed by atoms with Crippen LogP contribution in [0.2, 0.25) is 0 Å². The predicted molar refractivity (Wildman–Crippen MR) is 85.3 cm³/mol. The molecule has 124 valence electrons. The fourth-order valence-corrected chi connectivity index (χ4v) is 2.99. The van der Waals surface area contributed by atoms with Gasteiger partial charge in [0.2, 0.25) is 6.79 Å². The van der Waals surface area contributed by atoms with E-state index in [0.717, 1.165) is 0 Å². The number of amides is 1. The third-order valence-electron chi connectivity index (χ3n) is 4.34. The number of ether oxygens (including phenoxy) is 3. The van der Waals surface area contributed by atoms with Gasteiger partial charge in [-0.1, -0.05) is 18.2 Å². The van der Waals surface area contributed by atoms with Crippen LogP contribution in [0.3, 0.4) is 0 Å². The summed E-state index contributed by atoms with van der Waals surface area (Å²) >= 11 is 0. The number of para-hydroxylation sites is 1. The second-order valence-corrected chi connectivity index (χ2v) is 5.88. The van der Waals surface area contributed by atoms with Crippen LogP contribution in [0, 0.1) is 0 Å².